The molecular weight excluding hydrogens is 262 g/mol. The van der Waals surface area contributed by atoms with Crippen LogP contribution < -0.4 is 5.32 Å². The van der Waals surface area contributed by atoms with Crippen molar-refractivity contribution in [1.29, 1.82) is 0 Å². The number of esters is 1. The van der Waals surface area contributed by atoms with Gasteiger partial charge >= 0.3 is 5.97 Å². The number of hydrogen-bond acceptors (Lipinski definition) is 3. The van der Waals surface area contributed by atoms with Crippen LogP contribution in [0.3, 0.4) is 0 Å². The zero-order valence-electron chi connectivity index (χ0n) is 14.1. The average molecular weight is 295 g/mol. The van der Waals surface area contributed by atoms with Crippen LogP contribution in [0.25, 0.3) is 0 Å². The second-order valence-corrected chi connectivity index (χ2v) is 7.59. The van der Waals surface area contributed by atoms with Crippen molar-refractivity contribution in [2.75, 3.05) is 13.1 Å². The van der Waals surface area contributed by atoms with E-state index in [2.05, 4.69) is 26.1 Å². The first kappa shape index (κ1) is 16.8. The van der Waals surface area contributed by atoms with Crippen LogP contribution in [0, 0.1) is 23.7 Å². The standard InChI is InChI=1S/C18H33NO2/c1-13(2)16-6-4-14(3)12-17(16)21-18(20)7-5-15-8-10-19-11-9-15/h13-17,19H,4-12H2,1-3H3. The molecule has 3 nitrogen and oxygen atoms in total. The molecule has 3 unspecified atom stereocenters. The molecule has 1 aliphatic carbocycles. The first-order valence-electron chi connectivity index (χ1n) is 8.96. The monoisotopic (exact) mass is 295 g/mol. The molecule has 0 bridgehead atoms. The maximum atomic E-state index is 12.2. The smallest absolute Gasteiger partial charge is 0.306 e. The van der Waals surface area contributed by atoms with Gasteiger partial charge in [0.15, 0.2) is 0 Å². The Bertz CT molecular complexity index is 323. The molecule has 1 N–H and O–H groups in total. The van der Waals surface area contributed by atoms with Gasteiger partial charge in [-0.05, 0) is 68.9 Å². The van der Waals surface area contributed by atoms with Gasteiger partial charge in [0.2, 0.25) is 0 Å². The molecule has 3 heteroatoms. The minimum absolute atomic E-state index is 0.0401. The lowest BCUT2D eigenvalue weighted by molar-refractivity contribution is -0.156. The van der Waals surface area contributed by atoms with E-state index < -0.39 is 0 Å². The lowest BCUT2D eigenvalue weighted by Crippen LogP contribution is -2.36. The highest BCUT2D eigenvalue weighted by Crippen LogP contribution is 2.35. The summed E-state index contributed by atoms with van der Waals surface area (Å²) in [7, 11) is 0. The zero-order chi connectivity index (χ0) is 15.2. The third-order valence-corrected chi connectivity index (χ3v) is 5.46. The molecule has 21 heavy (non-hydrogen) atoms. The van der Waals surface area contributed by atoms with Crippen LogP contribution in [0.2, 0.25) is 0 Å². The van der Waals surface area contributed by atoms with Gasteiger partial charge in [-0.15, -0.1) is 0 Å². The van der Waals surface area contributed by atoms with Gasteiger partial charge in [-0.25, -0.2) is 0 Å². The predicted octanol–water partition coefficient (Wildman–Crippen LogP) is 3.77. The van der Waals surface area contributed by atoms with E-state index in [0.717, 1.165) is 25.9 Å². The molecule has 2 aliphatic rings. The highest BCUT2D eigenvalue weighted by atomic mass is 16.5. The van der Waals surface area contributed by atoms with Gasteiger partial charge in [-0.1, -0.05) is 27.2 Å². The fraction of sp³-hybridized carbons (Fsp3) is 0.944. The largest absolute Gasteiger partial charge is 0.462 e. The van der Waals surface area contributed by atoms with Crippen molar-refractivity contribution >= 4 is 5.97 Å². The molecule has 1 saturated heterocycles. The molecule has 0 radical (unpaired) electrons. The molecule has 0 amide bonds. The molecule has 3 atom stereocenters. The zero-order valence-corrected chi connectivity index (χ0v) is 14.1. The van der Waals surface area contributed by atoms with Gasteiger partial charge in [-0.3, -0.25) is 4.79 Å². The fourth-order valence-electron chi connectivity index (χ4n) is 3.97. The van der Waals surface area contributed by atoms with Crippen molar-refractivity contribution in [3.63, 3.8) is 0 Å². The second kappa shape index (κ2) is 8.17. The van der Waals surface area contributed by atoms with Crippen LogP contribution in [0.5, 0.6) is 0 Å². The van der Waals surface area contributed by atoms with E-state index in [1.54, 1.807) is 0 Å². The maximum absolute atomic E-state index is 12.2. The van der Waals surface area contributed by atoms with Crippen molar-refractivity contribution in [2.45, 2.75) is 71.8 Å². The average Bonchev–Trinajstić information content (AvgIpc) is 2.46. The summed E-state index contributed by atoms with van der Waals surface area (Å²) < 4.78 is 5.87. The molecule has 1 heterocycles. The molecule has 1 aliphatic heterocycles. The third-order valence-electron chi connectivity index (χ3n) is 5.46. The van der Waals surface area contributed by atoms with Gasteiger partial charge in [0, 0.05) is 6.42 Å². The molecule has 0 spiro atoms. The summed E-state index contributed by atoms with van der Waals surface area (Å²) in [5.74, 6) is 2.62. The lowest BCUT2D eigenvalue weighted by Gasteiger charge is -2.36. The van der Waals surface area contributed by atoms with Crippen molar-refractivity contribution in [2.24, 2.45) is 23.7 Å². The second-order valence-electron chi connectivity index (χ2n) is 7.59. The molecule has 1 saturated carbocycles. The molecule has 2 rings (SSSR count). The summed E-state index contributed by atoms with van der Waals surface area (Å²) in [5, 5.41) is 3.37. The van der Waals surface area contributed by atoms with E-state index >= 15 is 0 Å². The number of rotatable bonds is 5. The Morgan fingerprint density at radius 3 is 2.57 bits per heavy atom. The van der Waals surface area contributed by atoms with Crippen molar-refractivity contribution < 1.29 is 9.53 Å². The summed E-state index contributed by atoms with van der Waals surface area (Å²) in [5.41, 5.74) is 0. The van der Waals surface area contributed by atoms with E-state index in [0.29, 0.717) is 30.1 Å². The van der Waals surface area contributed by atoms with Crippen LogP contribution in [0.4, 0.5) is 0 Å². The number of ether oxygens (including phenoxy) is 1. The normalized spacial score (nSPS) is 31.3. The summed E-state index contributed by atoms with van der Waals surface area (Å²) in [4.78, 5) is 12.2. The Kier molecular flexibility index (Phi) is 6.53. The first-order chi connectivity index (χ1) is 10.1. The first-order valence-corrected chi connectivity index (χ1v) is 8.96. The molecule has 0 aromatic carbocycles. The van der Waals surface area contributed by atoms with Gasteiger partial charge in [0.25, 0.3) is 0 Å². The van der Waals surface area contributed by atoms with E-state index in [9.17, 15) is 4.79 Å². The third kappa shape index (κ3) is 5.28. The van der Waals surface area contributed by atoms with E-state index in [1.807, 2.05) is 0 Å². The minimum Gasteiger partial charge on any atom is -0.462 e. The Hall–Kier alpha value is -0.570. The number of nitrogens with one attached hydrogen (secondary N) is 1. The Labute approximate surface area is 130 Å². The van der Waals surface area contributed by atoms with Gasteiger partial charge < -0.3 is 10.1 Å². The fourth-order valence-corrected chi connectivity index (χ4v) is 3.97. The number of piperidine rings is 1. The summed E-state index contributed by atoms with van der Waals surface area (Å²) in [6, 6.07) is 0. The predicted molar refractivity (Wildman–Crippen MR) is 86.1 cm³/mol. The number of hydrogen-bond donors (Lipinski definition) is 1. The van der Waals surface area contributed by atoms with Crippen LogP contribution in [-0.2, 0) is 9.53 Å². The summed E-state index contributed by atoms with van der Waals surface area (Å²) >= 11 is 0. The van der Waals surface area contributed by atoms with Crippen LogP contribution in [0.15, 0.2) is 0 Å². The van der Waals surface area contributed by atoms with Crippen molar-refractivity contribution in [1.82, 2.24) is 5.32 Å². The van der Waals surface area contributed by atoms with Gasteiger partial charge in [0.05, 0.1) is 0 Å². The van der Waals surface area contributed by atoms with Crippen LogP contribution in [-0.4, -0.2) is 25.2 Å². The number of carbonyl (C=O) groups excluding carboxylic acids is 1. The SMILES string of the molecule is CC1CCC(C(C)C)C(OC(=O)CCC2CCNCC2)C1. The van der Waals surface area contributed by atoms with Gasteiger partial charge in [0.1, 0.15) is 6.10 Å². The molecule has 0 aromatic rings. The Morgan fingerprint density at radius 2 is 1.90 bits per heavy atom. The lowest BCUT2D eigenvalue weighted by atomic mass is 9.75. The van der Waals surface area contributed by atoms with Crippen LogP contribution in [0.1, 0.15) is 65.7 Å². The highest BCUT2D eigenvalue weighted by molar-refractivity contribution is 5.69. The quantitative estimate of drug-likeness (QED) is 0.785. The van der Waals surface area contributed by atoms with Crippen molar-refractivity contribution in [3.8, 4) is 0 Å². The molecule has 0 aromatic heterocycles. The van der Waals surface area contributed by atoms with Crippen molar-refractivity contribution in [3.05, 3.63) is 0 Å². The van der Waals surface area contributed by atoms with E-state index in [-0.39, 0.29) is 12.1 Å². The topological polar surface area (TPSA) is 38.3 Å². The summed E-state index contributed by atoms with van der Waals surface area (Å²) in [6.45, 7) is 9.02. The minimum atomic E-state index is 0.0401. The summed E-state index contributed by atoms with van der Waals surface area (Å²) in [6.07, 6.45) is 7.76. The highest BCUT2D eigenvalue weighted by Gasteiger charge is 2.33. The molecular formula is C18H33NO2. The Morgan fingerprint density at radius 1 is 1.19 bits per heavy atom. The van der Waals surface area contributed by atoms with E-state index in [4.69, 9.17) is 4.74 Å². The van der Waals surface area contributed by atoms with Crippen LogP contribution >= 0.6 is 0 Å². The molecule has 2 fully saturated rings. The van der Waals surface area contributed by atoms with E-state index in [1.165, 1.54) is 25.7 Å². The molecule has 122 valence electrons. The maximum Gasteiger partial charge on any atom is 0.306 e. The number of carbonyl (C=O) groups is 1. The van der Waals surface area contributed by atoms with Gasteiger partial charge in [-0.2, -0.15) is 0 Å². The Balaban J connectivity index is 1.76.